The van der Waals surface area contributed by atoms with E-state index in [4.69, 9.17) is 9.57 Å². The zero-order valence-electron chi connectivity index (χ0n) is 15.6. The van der Waals surface area contributed by atoms with Gasteiger partial charge >= 0.3 is 5.97 Å². The number of likely N-dealkylation sites (tertiary alicyclic amines) is 1. The summed E-state index contributed by atoms with van der Waals surface area (Å²) in [4.78, 5) is 49.1. The average molecular weight is 414 g/mol. The predicted octanol–water partition coefficient (Wildman–Crippen LogP) is 1.81. The van der Waals surface area contributed by atoms with E-state index in [0.717, 1.165) is 4.34 Å². The van der Waals surface area contributed by atoms with Crippen LogP contribution in [0.15, 0.2) is 9.72 Å². The molecule has 3 heterocycles. The van der Waals surface area contributed by atoms with Gasteiger partial charge in [-0.25, -0.2) is 10.0 Å². The van der Waals surface area contributed by atoms with Crippen molar-refractivity contribution in [2.24, 2.45) is 5.92 Å². The van der Waals surface area contributed by atoms with E-state index < -0.39 is 17.4 Å². The van der Waals surface area contributed by atoms with Crippen LogP contribution >= 0.6 is 23.1 Å². The number of carbonyl (C=O) groups is 3. The van der Waals surface area contributed by atoms with Crippen molar-refractivity contribution in [2.75, 3.05) is 33.1 Å². The molecule has 1 spiro atoms. The Morgan fingerprint density at radius 2 is 2.11 bits per heavy atom. The number of aromatic nitrogens is 1. The number of ether oxygens (including phenoxy) is 1. The van der Waals surface area contributed by atoms with Crippen LogP contribution in [0.5, 0.6) is 0 Å². The van der Waals surface area contributed by atoms with Gasteiger partial charge in [0.2, 0.25) is 5.91 Å². The smallest absolute Gasteiger partial charge is 0.311 e. The molecule has 1 atom stereocenters. The lowest BCUT2D eigenvalue weighted by Crippen LogP contribution is -2.58. The van der Waals surface area contributed by atoms with Crippen molar-refractivity contribution < 1.29 is 24.0 Å². The lowest BCUT2D eigenvalue weighted by molar-refractivity contribution is -0.220. The summed E-state index contributed by atoms with van der Waals surface area (Å²) in [5, 5.41) is 3.13. The number of hydrogen-bond acceptors (Lipinski definition) is 8. The molecule has 1 unspecified atom stereocenters. The minimum Gasteiger partial charge on any atom is -0.469 e. The van der Waals surface area contributed by atoms with Crippen molar-refractivity contribution in [3.8, 4) is 0 Å². The quantitative estimate of drug-likeness (QED) is 0.537. The van der Waals surface area contributed by atoms with E-state index in [2.05, 4.69) is 4.98 Å². The summed E-state index contributed by atoms with van der Waals surface area (Å²) >= 11 is 2.95. The Morgan fingerprint density at radius 3 is 2.67 bits per heavy atom. The first kappa shape index (κ1) is 20.1. The number of hydrogen-bond donors (Lipinski definition) is 0. The lowest BCUT2D eigenvalue weighted by atomic mass is 9.77. The van der Waals surface area contributed by atoms with Crippen molar-refractivity contribution in [1.29, 1.82) is 0 Å². The van der Waals surface area contributed by atoms with E-state index in [1.807, 2.05) is 6.26 Å². The Hall–Kier alpha value is -1.65. The van der Waals surface area contributed by atoms with Gasteiger partial charge in [-0.2, -0.15) is 0 Å². The van der Waals surface area contributed by atoms with Gasteiger partial charge in [-0.15, -0.1) is 11.3 Å². The third kappa shape index (κ3) is 3.57. The van der Waals surface area contributed by atoms with E-state index in [0.29, 0.717) is 38.2 Å². The molecular formula is C17H23N3O5S2. The molecule has 8 nitrogen and oxygen atoms in total. The van der Waals surface area contributed by atoms with Crippen molar-refractivity contribution in [3.05, 3.63) is 11.1 Å². The summed E-state index contributed by atoms with van der Waals surface area (Å²) in [6.45, 7) is 2.99. The minimum atomic E-state index is -0.760. The van der Waals surface area contributed by atoms with Crippen LogP contribution in [-0.4, -0.2) is 71.3 Å². The second-order valence-corrected chi connectivity index (χ2v) is 8.40. The molecular weight excluding hydrogens is 390 g/mol. The molecule has 2 amide bonds. The van der Waals surface area contributed by atoms with Crippen LogP contribution in [0.4, 0.5) is 0 Å². The fourth-order valence-electron chi connectivity index (χ4n) is 3.87. The molecule has 148 valence electrons. The summed E-state index contributed by atoms with van der Waals surface area (Å²) in [6, 6.07) is 0. The van der Waals surface area contributed by atoms with E-state index in [9.17, 15) is 14.4 Å². The van der Waals surface area contributed by atoms with E-state index in [1.165, 1.54) is 35.3 Å². The number of nitrogens with zero attached hydrogens (tertiary/aromatic N) is 3. The maximum atomic E-state index is 12.7. The molecule has 0 bridgehead atoms. The molecule has 1 aromatic rings. The minimum absolute atomic E-state index is 0.0732. The molecule has 27 heavy (non-hydrogen) atoms. The highest BCUT2D eigenvalue weighted by Crippen LogP contribution is 2.44. The van der Waals surface area contributed by atoms with Gasteiger partial charge in [-0.05, 0) is 26.0 Å². The number of rotatable bonds is 5. The van der Waals surface area contributed by atoms with Crippen molar-refractivity contribution >= 4 is 40.9 Å². The third-order valence-electron chi connectivity index (χ3n) is 5.20. The maximum absolute atomic E-state index is 12.7. The first-order valence-electron chi connectivity index (χ1n) is 8.79. The van der Waals surface area contributed by atoms with Gasteiger partial charge in [0.05, 0.1) is 25.2 Å². The highest BCUT2D eigenvalue weighted by Gasteiger charge is 2.58. The van der Waals surface area contributed by atoms with Crippen molar-refractivity contribution in [2.45, 2.75) is 36.1 Å². The van der Waals surface area contributed by atoms with Gasteiger partial charge < -0.3 is 9.64 Å². The number of carbonyl (C=O) groups excluding carboxylic acids is 3. The molecule has 0 radical (unpaired) electrons. The zero-order chi connectivity index (χ0) is 19.6. The highest BCUT2D eigenvalue weighted by atomic mass is 32.2. The standard InChI is InChI=1S/C17H23N3O5S2/c1-4-25-20-13(21)9-11(15(23)24-2)17(20)5-7-19(8-6-17)14(22)12-10-27-16(18-12)26-3/h10-11H,4-9H2,1-3H3. The largest absolute Gasteiger partial charge is 0.469 e. The SMILES string of the molecule is CCON1C(=O)CC(C(=O)OC)C12CCN(C(=O)c1csc(SC)n1)CC2. The van der Waals surface area contributed by atoms with Gasteiger partial charge in [0.25, 0.3) is 5.91 Å². The van der Waals surface area contributed by atoms with E-state index in [-0.39, 0.29) is 18.2 Å². The van der Waals surface area contributed by atoms with Gasteiger partial charge in [-0.1, -0.05) is 11.8 Å². The number of piperidine rings is 1. The predicted molar refractivity (Wildman–Crippen MR) is 100 cm³/mol. The third-order valence-corrected chi connectivity index (χ3v) is 7.06. The van der Waals surface area contributed by atoms with Crippen molar-refractivity contribution in [1.82, 2.24) is 14.9 Å². The lowest BCUT2D eigenvalue weighted by Gasteiger charge is -2.45. The van der Waals surface area contributed by atoms with E-state index in [1.54, 1.807) is 17.2 Å². The Morgan fingerprint density at radius 1 is 1.41 bits per heavy atom. The Labute approximate surface area is 166 Å². The van der Waals surface area contributed by atoms with Crippen LogP contribution < -0.4 is 0 Å². The molecule has 2 saturated heterocycles. The molecule has 2 aliphatic heterocycles. The monoisotopic (exact) mass is 413 g/mol. The molecule has 0 saturated carbocycles. The number of esters is 1. The Kier molecular flexibility index (Phi) is 6.07. The summed E-state index contributed by atoms with van der Waals surface area (Å²) in [6.07, 6.45) is 2.92. The summed E-state index contributed by atoms with van der Waals surface area (Å²) in [5.74, 6) is -1.32. The molecule has 0 aromatic carbocycles. The number of amides is 2. The fraction of sp³-hybridized carbons (Fsp3) is 0.647. The molecule has 0 aliphatic carbocycles. The number of methoxy groups -OCH3 is 1. The van der Waals surface area contributed by atoms with Crippen LogP contribution in [0.1, 0.15) is 36.7 Å². The van der Waals surface area contributed by atoms with Gasteiger partial charge in [0, 0.05) is 24.9 Å². The number of thiazole rings is 1. The summed E-state index contributed by atoms with van der Waals surface area (Å²) < 4.78 is 5.78. The molecule has 10 heteroatoms. The average Bonchev–Trinajstić information content (AvgIpc) is 3.27. The van der Waals surface area contributed by atoms with Gasteiger partial charge in [0.1, 0.15) is 10.0 Å². The topological polar surface area (TPSA) is 89.0 Å². The highest BCUT2D eigenvalue weighted by molar-refractivity contribution is 8.00. The Bertz CT molecular complexity index is 730. The molecule has 3 rings (SSSR count). The van der Waals surface area contributed by atoms with Crippen LogP contribution in [0.3, 0.4) is 0 Å². The van der Waals surface area contributed by atoms with Crippen LogP contribution in [0.25, 0.3) is 0 Å². The maximum Gasteiger partial charge on any atom is 0.311 e. The van der Waals surface area contributed by atoms with Crippen LogP contribution in [0, 0.1) is 5.92 Å². The molecule has 0 N–H and O–H groups in total. The summed E-state index contributed by atoms with van der Waals surface area (Å²) in [5.41, 5.74) is -0.322. The second-order valence-electron chi connectivity index (χ2n) is 6.48. The Balaban J connectivity index is 1.78. The number of hydroxylamine groups is 2. The number of thioether (sulfide) groups is 1. The van der Waals surface area contributed by atoms with Gasteiger partial charge in [0.15, 0.2) is 0 Å². The zero-order valence-corrected chi connectivity index (χ0v) is 17.2. The normalized spacial score (nSPS) is 21.7. The molecule has 1 aromatic heterocycles. The first-order valence-corrected chi connectivity index (χ1v) is 10.9. The second kappa shape index (κ2) is 8.15. The van der Waals surface area contributed by atoms with Gasteiger partial charge in [-0.3, -0.25) is 19.2 Å². The summed E-state index contributed by atoms with van der Waals surface area (Å²) in [7, 11) is 1.33. The molecule has 2 aliphatic rings. The van der Waals surface area contributed by atoms with Crippen LogP contribution in [-0.2, 0) is 19.2 Å². The fourth-order valence-corrected chi connectivity index (χ4v) is 5.11. The van der Waals surface area contributed by atoms with Crippen molar-refractivity contribution in [3.63, 3.8) is 0 Å². The van der Waals surface area contributed by atoms with E-state index >= 15 is 0 Å². The van der Waals surface area contributed by atoms with Crippen LogP contribution in [0.2, 0.25) is 0 Å². The molecule has 2 fully saturated rings. The first-order chi connectivity index (χ1) is 13.0.